The fourth-order valence-electron chi connectivity index (χ4n) is 2.59. The van der Waals surface area contributed by atoms with E-state index in [0.717, 1.165) is 6.07 Å². The molecule has 0 saturated carbocycles. The van der Waals surface area contributed by atoms with Gasteiger partial charge < -0.3 is 28.5 Å². The quantitative estimate of drug-likeness (QED) is 0.697. The van der Waals surface area contributed by atoms with Crippen molar-refractivity contribution >= 4 is 11.0 Å². The Morgan fingerprint density at radius 1 is 1.00 bits per heavy atom. The predicted octanol–water partition coefficient (Wildman–Crippen LogP) is 4.10. The van der Waals surface area contributed by atoms with Gasteiger partial charge in [0.15, 0.2) is 11.5 Å². The second kappa shape index (κ2) is 7.49. The largest absolute Gasteiger partial charge is 0.504 e. The molecule has 0 spiro atoms. The first-order valence-corrected chi connectivity index (χ1v) is 8.29. The minimum absolute atomic E-state index is 0.00922. The number of hydrogen-bond donors (Lipinski definition) is 1. The van der Waals surface area contributed by atoms with E-state index in [1.54, 1.807) is 31.4 Å². The van der Waals surface area contributed by atoms with Gasteiger partial charge in [0.1, 0.15) is 22.5 Å². The van der Waals surface area contributed by atoms with Crippen molar-refractivity contribution in [2.75, 3.05) is 14.2 Å². The Balaban J connectivity index is 2.07. The summed E-state index contributed by atoms with van der Waals surface area (Å²) in [5.74, 6) is 1.13. The van der Waals surface area contributed by atoms with Crippen molar-refractivity contribution in [3.63, 3.8) is 0 Å². The van der Waals surface area contributed by atoms with Crippen LogP contribution >= 0.6 is 0 Å². The molecule has 0 aliphatic rings. The molecule has 142 valence electrons. The van der Waals surface area contributed by atoms with Crippen LogP contribution in [0.3, 0.4) is 0 Å². The number of phenolic OH excluding ortho intramolecular Hbond substituents is 1. The van der Waals surface area contributed by atoms with E-state index in [1.165, 1.54) is 13.2 Å². The zero-order valence-corrected chi connectivity index (χ0v) is 15.4. The van der Waals surface area contributed by atoms with E-state index in [-0.39, 0.29) is 40.3 Å². The summed E-state index contributed by atoms with van der Waals surface area (Å²) in [6, 6.07) is 9.47. The summed E-state index contributed by atoms with van der Waals surface area (Å²) in [6.07, 6.45) is -0.166. The Kier molecular flexibility index (Phi) is 5.12. The van der Waals surface area contributed by atoms with Gasteiger partial charge >= 0.3 is 0 Å². The molecule has 27 heavy (non-hydrogen) atoms. The minimum atomic E-state index is -0.466. The van der Waals surface area contributed by atoms with Crippen LogP contribution in [0.15, 0.2) is 45.6 Å². The molecule has 0 amide bonds. The van der Waals surface area contributed by atoms with Crippen molar-refractivity contribution in [3.8, 4) is 34.7 Å². The molecule has 0 unspecified atom stereocenters. The molecule has 0 radical (unpaired) electrons. The van der Waals surface area contributed by atoms with Gasteiger partial charge in [-0.05, 0) is 38.1 Å². The highest BCUT2D eigenvalue weighted by Crippen LogP contribution is 2.42. The molecule has 3 rings (SSSR count). The number of phenols is 1. The Bertz CT molecular complexity index is 1000. The molecular weight excluding hydrogens is 352 g/mol. The van der Waals surface area contributed by atoms with Crippen molar-refractivity contribution in [3.05, 3.63) is 46.6 Å². The highest BCUT2D eigenvalue weighted by atomic mass is 16.6. The number of methoxy groups -OCH3 is 2. The number of ether oxygens (including phenoxy) is 4. The van der Waals surface area contributed by atoms with E-state index in [9.17, 15) is 9.90 Å². The monoisotopic (exact) mass is 372 g/mol. The number of hydrogen-bond acceptors (Lipinski definition) is 7. The Hall–Kier alpha value is -3.35. The Morgan fingerprint density at radius 3 is 2.26 bits per heavy atom. The van der Waals surface area contributed by atoms with Crippen LogP contribution in [0, 0.1) is 0 Å². The van der Waals surface area contributed by atoms with Gasteiger partial charge in [-0.3, -0.25) is 4.79 Å². The van der Waals surface area contributed by atoms with Gasteiger partial charge in [0, 0.05) is 6.07 Å². The average Bonchev–Trinajstić information content (AvgIpc) is 2.61. The fourth-order valence-corrected chi connectivity index (χ4v) is 2.59. The van der Waals surface area contributed by atoms with Crippen molar-refractivity contribution in [1.82, 2.24) is 0 Å². The van der Waals surface area contributed by atoms with Crippen molar-refractivity contribution in [2.24, 2.45) is 0 Å². The van der Waals surface area contributed by atoms with Crippen molar-refractivity contribution < 1.29 is 28.5 Å². The lowest BCUT2D eigenvalue weighted by molar-refractivity contribution is 0.227. The van der Waals surface area contributed by atoms with Gasteiger partial charge in [-0.15, -0.1) is 0 Å². The predicted molar refractivity (Wildman–Crippen MR) is 99.5 cm³/mol. The summed E-state index contributed by atoms with van der Waals surface area (Å²) in [6.45, 7) is 3.67. The molecule has 0 aliphatic heterocycles. The van der Waals surface area contributed by atoms with E-state index in [4.69, 9.17) is 23.4 Å². The molecule has 0 atom stereocenters. The van der Waals surface area contributed by atoms with Gasteiger partial charge in [-0.25, -0.2) is 0 Å². The zero-order chi connectivity index (χ0) is 19.6. The minimum Gasteiger partial charge on any atom is -0.504 e. The smallest absolute Gasteiger partial charge is 0.294 e. The maximum absolute atomic E-state index is 12.5. The number of aromatic hydroxyl groups is 1. The first-order valence-electron chi connectivity index (χ1n) is 8.29. The molecule has 7 heteroatoms. The van der Waals surface area contributed by atoms with E-state index in [1.807, 2.05) is 13.8 Å². The van der Waals surface area contributed by atoms with Gasteiger partial charge in [0.2, 0.25) is 11.2 Å². The van der Waals surface area contributed by atoms with Crippen LogP contribution in [-0.4, -0.2) is 25.4 Å². The third-order valence-electron chi connectivity index (χ3n) is 3.73. The summed E-state index contributed by atoms with van der Waals surface area (Å²) in [4.78, 5) is 12.5. The van der Waals surface area contributed by atoms with Gasteiger partial charge in [0.25, 0.3) is 5.95 Å². The molecule has 0 bridgehead atoms. The van der Waals surface area contributed by atoms with Crippen LogP contribution in [0.1, 0.15) is 13.8 Å². The van der Waals surface area contributed by atoms with Crippen LogP contribution < -0.4 is 24.4 Å². The fraction of sp³-hybridized carbons (Fsp3) is 0.250. The highest BCUT2D eigenvalue weighted by Gasteiger charge is 2.20. The molecule has 0 saturated heterocycles. The van der Waals surface area contributed by atoms with Crippen LogP contribution in [0.5, 0.6) is 34.7 Å². The molecule has 3 aromatic rings. The highest BCUT2D eigenvalue weighted by molar-refractivity contribution is 5.88. The summed E-state index contributed by atoms with van der Waals surface area (Å²) < 4.78 is 27.2. The van der Waals surface area contributed by atoms with Gasteiger partial charge in [-0.2, -0.15) is 0 Å². The summed E-state index contributed by atoms with van der Waals surface area (Å²) in [7, 11) is 2.95. The number of benzene rings is 2. The van der Waals surface area contributed by atoms with E-state index in [0.29, 0.717) is 11.5 Å². The molecule has 0 aliphatic carbocycles. The van der Waals surface area contributed by atoms with E-state index < -0.39 is 5.43 Å². The standard InChI is InChI=1S/C20H20O7/c1-11(2)25-16-10-15-18(19(22)20(16)24-4)14(21)9-17(27-15)26-13-7-5-12(23-3)6-8-13/h5-11,22H,1-4H3. The molecule has 1 heterocycles. The van der Waals surface area contributed by atoms with Crippen molar-refractivity contribution in [2.45, 2.75) is 20.0 Å². The topological polar surface area (TPSA) is 87.4 Å². The molecule has 0 fully saturated rings. The zero-order valence-electron chi connectivity index (χ0n) is 15.4. The van der Waals surface area contributed by atoms with Gasteiger partial charge in [0.05, 0.1) is 26.4 Å². The van der Waals surface area contributed by atoms with E-state index >= 15 is 0 Å². The van der Waals surface area contributed by atoms with Crippen LogP contribution in [0.4, 0.5) is 0 Å². The second-order valence-electron chi connectivity index (χ2n) is 6.00. The lowest BCUT2D eigenvalue weighted by atomic mass is 10.2. The molecule has 1 aromatic heterocycles. The number of rotatable bonds is 6. The molecule has 1 N–H and O–H groups in total. The molecular formula is C20H20O7. The normalized spacial score (nSPS) is 10.9. The maximum Gasteiger partial charge on any atom is 0.294 e. The lowest BCUT2D eigenvalue weighted by Crippen LogP contribution is -2.08. The van der Waals surface area contributed by atoms with Gasteiger partial charge in [-0.1, -0.05) is 0 Å². The third-order valence-corrected chi connectivity index (χ3v) is 3.73. The Morgan fingerprint density at radius 2 is 1.67 bits per heavy atom. The number of fused-ring (bicyclic) bond motifs is 1. The molecule has 7 nitrogen and oxygen atoms in total. The average molecular weight is 372 g/mol. The second-order valence-corrected chi connectivity index (χ2v) is 6.00. The molecule has 2 aromatic carbocycles. The first kappa shape index (κ1) is 18.4. The van der Waals surface area contributed by atoms with Crippen molar-refractivity contribution in [1.29, 1.82) is 0 Å². The Labute approximate surface area is 155 Å². The van der Waals surface area contributed by atoms with Crippen LogP contribution in [0.25, 0.3) is 11.0 Å². The maximum atomic E-state index is 12.5. The van der Waals surface area contributed by atoms with E-state index in [2.05, 4.69) is 0 Å². The SMILES string of the molecule is COc1ccc(Oc2cc(=O)c3c(O)c(OC)c(OC(C)C)cc3o2)cc1. The summed E-state index contributed by atoms with van der Waals surface area (Å²) in [5, 5.41) is 10.4. The summed E-state index contributed by atoms with van der Waals surface area (Å²) >= 11 is 0. The third kappa shape index (κ3) is 3.76. The summed E-state index contributed by atoms with van der Waals surface area (Å²) in [5.41, 5.74) is -0.341. The van der Waals surface area contributed by atoms with Crippen LogP contribution in [0.2, 0.25) is 0 Å². The lowest BCUT2D eigenvalue weighted by Gasteiger charge is -2.15. The first-order chi connectivity index (χ1) is 12.9. The van der Waals surface area contributed by atoms with Crippen LogP contribution in [-0.2, 0) is 0 Å².